The van der Waals surface area contributed by atoms with Crippen LogP contribution < -0.4 is 10.3 Å². The van der Waals surface area contributed by atoms with Gasteiger partial charge in [0.05, 0.1) is 5.39 Å². The van der Waals surface area contributed by atoms with Gasteiger partial charge in [0.15, 0.2) is 17.0 Å². The van der Waals surface area contributed by atoms with E-state index in [9.17, 15) is 9.59 Å². The fourth-order valence-electron chi connectivity index (χ4n) is 2.97. The standard InChI is InChI=1S/C18H16N4O3/c23-14-12-16(25-15-5-2-1-4-13(14)15)18(24)22-10-8-21(9-11-22)17-6-3-7-19-20-17/h1-7,12H,8-11H2. The minimum atomic E-state index is -0.262. The van der Waals surface area contributed by atoms with Crippen LogP contribution in [0, 0.1) is 0 Å². The number of rotatable bonds is 2. The van der Waals surface area contributed by atoms with Gasteiger partial charge < -0.3 is 14.2 Å². The van der Waals surface area contributed by atoms with E-state index in [-0.39, 0.29) is 17.1 Å². The first-order valence-electron chi connectivity index (χ1n) is 8.07. The van der Waals surface area contributed by atoms with Crippen LogP contribution in [0.15, 0.2) is 57.9 Å². The highest BCUT2D eigenvalue weighted by molar-refractivity contribution is 5.93. The maximum atomic E-state index is 12.7. The summed E-state index contributed by atoms with van der Waals surface area (Å²) in [7, 11) is 0. The number of carbonyl (C=O) groups excluding carboxylic acids is 1. The molecule has 3 aromatic rings. The first-order chi connectivity index (χ1) is 12.2. The minimum absolute atomic E-state index is 0.0802. The average molecular weight is 336 g/mol. The molecule has 0 spiro atoms. The van der Waals surface area contributed by atoms with Crippen molar-refractivity contribution in [2.45, 2.75) is 0 Å². The largest absolute Gasteiger partial charge is 0.451 e. The van der Waals surface area contributed by atoms with Crippen molar-refractivity contribution in [3.63, 3.8) is 0 Å². The second-order valence-corrected chi connectivity index (χ2v) is 5.83. The van der Waals surface area contributed by atoms with E-state index >= 15 is 0 Å². The molecule has 25 heavy (non-hydrogen) atoms. The number of carbonyl (C=O) groups is 1. The summed E-state index contributed by atoms with van der Waals surface area (Å²) in [4.78, 5) is 28.6. The van der Waals surface area contributed by atoms with Gasteiger partial charge in [0.2, 0.25) is 0 Å². The predicted molar refractivity (Wildman–Crippen MR) is 92.6 cm³/mol. The zero-order valence-electron chi connectivity index (χ0n) is 13.5. The van der Waals surface area contributed by atoms with E-state index in [1.807, 2.05) is 12.1 Å². The molecule has 126 valence electrons. The third-order valence-electron chi connectivity index (χ3n) is 4.29. The first-order valence-corrected chi connectivity index (χ1v) is 8.07. The summed E-state index contributed by atoms with van der Waals surface area (Å²) in [5, 5.41) is 8.45. The highest BCUT2D eigenvalue weighted by Gasteiger charge is 2.25. The molecule has 4 rings (SSSR count). The topological polar surface area (TPSA) is 79.5 Å². The molecule has 0 N–H and O–H groups in total. The van der Waals surface area contributed by atoms with Gasteiger partial charge in [0, 0.05) is 38.4 Å². The number of hydrogen-bond acceptors (Lipinski definition) is 6. The van der Waals surface area contributed by atoms with Crippen LogP contribution >= 0.6 is 0 Å². The normalized spacial score (nSPS) is 14.7. The second-order valence-electron chi connectivity index (χ2n) is 5.83. The molecule has 0 atom stereocenters. The SMILES string of the molecule is O=C(c1cc(=O)c2ccccc2o1)N1CCN(c2cccnn2)CC1. The van der Waals surface area contributed by atoms with Crippen molar-refractivity contribution in [1.29, 1.82) is 0 Å². The Labute approximate surface area is 143 Å². The third-order valence-corrected chi connectivity index (χ3v) is 4.29. The molecule has 1 fully saturated rings. The van der Waals surface area contributed by atoms with Crippen molar-refractivity contribution < 1.29 is 9.21 Å². The Morgan fingerprint density at radius 1 is 1.04 bits per heavy atom. The fourth-order valence-corrected chi connectivity index (χ4v) is 2.97. The molecule has 7 nitrogen and oxygen atoms in total. The molecule has 1 aliphatic rings. The number of fused-ring (bicyclic) bond motifs is 1. The summed E-state index contributed by atoms with van der Waals surface area (Å²) in [6.07, 6.45) is 1.63. The molecule has 3 heterocycles. The number of anilines is 1. The van der Waals surface area contributed by atoms with Crippen molar-refractivity contribution in [1.82, 2.24) is 15.1 Å². The van der Waals surface area contributed by atoms with Gasteiger partial charge in [-0.1, -0.05) is 12.1 Å². The lowest BCUT2D eigenvalue weighted by atomic mass is 10.2. The second kappa shape index (κ2) is 6.35. The van der Waals surface area contributed by atoms with E-state index in [1.54, 1.807) is 35.4 Å². The Morgan fingerprint density at radius 2 is 1.84 bits per heavy atom. The zero-order valence-corrected chi connectivity index (χ0v) is 13.5. The molecular formula is C18H16N4O3. The minimum Gasteiger partial charge on any atom is -0.451 e. The van der Waals surface area contributed by atoms with Crippen LogP contribution in [-0.2, 0) is 0 Å². The average Bonchev–Trinajstić information content (AvgIpc) is 2.68. The van der Waals surface area contributed by atoms with Crippen LogP contribution in [0.25, 0.3) is 11.0 Å². The molecule has 0 saturated carbocycles. The Morgan fingerprint density at radius 3 is 2.60 bits per heavy atom. The number of benzene rings is 1. The van der Waals surface area contributed by atoms with Crippen molar-refractivity contribution in [2.75, 3.05) is 31.1 Å². The maximum absolute atomic E-state index is 12.7. The van der Waals surface area contributed by atoms with Gasteiger partial charge in [0.1, 0.15) is 5.58 Å². The smallest absolute Gasteiger partial charge is 0.289 e. The molecule has 0 aliphatic carbocycles. The molecule has 1 aliphatic heterocycles. The van der Waals surface area contributed by atoms with E-state index in [0.29, 0.717) is 37.1 Å². The predicted octanol–water partition coefficient (Wildman–Crippen LogP) is 1.55. The van der Waals surface area contributed by atoms with Gasteiger partial charge >= 0.3 is 0 Å². The molecule has 2 aromatic heterocycles. The number of nitrogens with zero attached hydrogens (tertiary/aromatic N) is 4. The number of hydrogen-bond donors (Lipinski definition) is 0. The first kappa shape index (κ1) is 15.3. The lowest BCUT2D eigenvalue weighted by Gasteiger charge is -2.34. The quantitative estimate of drug-likeness (QED) is 0.706. The molecular weight excluding hydrogens is 320 g/mol. The van der Waals surface area contributed by atoms with Gasteiger partial charge in [-0.2, -0.15) is 5.10 Å². The summed E-state index contributed by atoms with van der Waals surface area (Å²) >= 11 is 0. The lowest BCUT2D eigenvalue weighted by molar-refractivity contribution is 0.0715. The van der Waals surface area contributed by atoms with Gasteiger partial charge in [0.25, 0.3) is 5.91 Å². The molecule has 0 radical (unpaired) electrons. The Bertz CT molecular complexity index is 963. The van der Waals surface area contributed by atoms with Gasteiger partial charge in [-0.15, -0.1) is 5.10 Å². The Balaban J connectivity index is 1.52. The Hall–Kier alpha value is -3.22. The van der Waals surface area contributed by atoms with E-state index in [4.69, 9.17) is 4.42 Å². The molecule has 0 unspecified atom stereocenters. The summed E-state index contributed by atoms with van der Waals surface area (Å²) in [6.45, 7) is 2.38. The summed E-state index contributed by atoms with van der Waals surface area (Å²) in [5.41, 5.74) is 0.222. The highest BCUT2D eigenvalue weighted by atomic mass is 16.3. The van der Waals surface area contributed by atoms with Gasteiger partial charge in [-0.3, -0.25) is 9.59 Å². The third kappa shape index (κ3) is 2.96. The maximum Gasteiger partial charge on any atom is 0.289 e. The molecule has 1 aromatic carbocycles. The van der Waals surface area contributed by atoms with Crippen molar-refractivity contribution >= 4 is 22.7 Å². The van der Waals surface area contributed by atoms with Gasteiger partial charge in [-0.25, -0.2) is 0 Å². The monoisotopic (exact) mass is 336 g/mol. The number of amides is 1. The molecule has 1 saturated heterocycles. The lowest BCUT2D eigenvalue weighted by Crippen LogP contribution is -2.49. The molecule has 7 heteroatoms. The van der Waals surface area contributed by atoms with Crippen LogP contribution in [0.5, 0.6) is 0 Å². The number of aromatic nitrogens is 2. The number of para-hydroxylation sites is 1. The summed E-state index contributed by atoms with van der Waals surface area (Å²) in [6, 6.07) is 11.9. The van der Waals surface area contributed by atoms with Crippen LogP contribution in [0.4, 0.5) is 5.82 Å². The Kier molecular flexibility index (Phi) is 3.89. The van der Waals surface area contributed by atoms with E-state index in [0.717, 1.165) is 5.82 Å². The van der Waals surface area contributed by atoms with Gasteiger partial charge in [-0.05, 0) is 24.3 Å². The van der Waals surface area contributed by atoms with Crippen LogP contribution in [0.3, 0.4) is 0 Å². The number of piperazine rings is 1. The molecule has 0 bridgehead atoms. The van der Waals surface area contributed by atoms with E-state index in [1.165, 1.54) is 6.07 Å². The van der Waals surface area contributed by atoms with Crippen LogP contribution in [0.2, 0.25) is 0 Å². The van der Waals surface area contributed by atoms with Crippen LogP contribution in [0.1, 0.15) is 10.6 Å². The summed E-state index contributed by atoms with van der Waals surface area (Å²) < 4.78 is 5.64. The summed E-state index contributed by atoms with van der Waals surface area (Å²) in [5.74, 6) is 0.616. The zero-order chi connectivity index (χ0) is 17.2. The van der Waals surface area contributed by atoms with Crippen molar-refractivity contribution in [2.24, 2.45) is 0 Å². The highest BCUT2D eigenvalue weighted by Crippen LogP contribution is 2.16. The fraction of sp³-hybridized carbons (Fsp3) is 0.222. The molecule has 1 amide bonds. The van der Waals surface area contributed by atoms with Crippen molar-refractivity contribution in [3.05, 3.63) is 64.6 Å². The van der Waals surface area contributed by atoms with E-state index < -0.39 is 0 Å². The van der Waals surface area contributed by atoms with Crippen LogP contribution in [-0.4, -0.2) is 47.2 Å². The van der Waals surface area contributed by atoms with Crippen molar-refractivity contribution in [3.8, 4) is 0 Å². The van der Waals surface area contributed by atoms with E-state index in [2.05, 4.69) is 15.1 Å².